The zero-order valence-corrected chi connectivity index (χ0v) is 9.59. The number of aromatic nitrogens is 1. The minimum atomic E-state index is -4.99. The highest BCUT2D eigenvalue weighted by atomic mass is 19.4. The van der Waals surface area contributed by atoms with Gasteiger partial charge in [-0.05, 0) is 13.0 Å². The molecule has 4 nitrogen and oxygen atoms in total. The normalized spacial score (nSPS) is 11.7. The fraction of sp³-hybridized carbons (Fsp3) is 0.400. The van der Waals surface area contributed by atoms with Gasteiger partial charge in [0.25, 0.3) is 6.43 Å². The number of carbonyl (C=O) groups excluding carboxylic acids is 1. The Balaban J connectivity index is 3.42. The molecular weight excluding hydrogens is 275 g/mol. The lowest BCUT2D eigenvalue weighted by molar-refractivity contribution is -0.140. The minimum Gasteiger partial charge on any atom is -0.462 e. The van der Waals surface area contributed by atoms with Gasteiger partial charge < -0.3 is 10.5 Å². The number of rotatable bonds is 3. The number of ether oxygens (including phenoxy) is 1. The number of nitrogens with zero attached hydrogens (tertiary/aromatic N) is 1. The lowest BCUT2D eigenvalue weighted by Gasteiger charge is -2.13. The molecule has 1 aromatic rings. The van der Waals surface area contributed by atoms with Crippen molar-refractivity contribution in [1.29, 1.82) is 0 Å². The van der Waals surface area contributed by atoms with Gasteiger partial charge in [-0.15, -0.1) is 0 Å². The monoisotopic (exact) mass is 284 g/mol. The molecule has 1 heterocycles. The molecule has 0 aromatic carbocycles. The van der Waals surface area contributed by atoms with Crippen LogP contribution in [0.1, 0.15) is 35.1 Å². The van der Waals surface area contributed by atoms with E-state index in [2.05, 4.69) is 9.72 Å². The summed E-state index contributed by atoms with van der Waals surface area (Å²) < 4.78 is 67.2. The summed E-state index contributed by atoms with van der Waals surface area (Å²) in [5.74, 6) is -1.20. The lowest BCUT2D eigenvalue weighted by Crippen LogP contribution is -2.18. The van der Waals surface area contributed by atoms with Gasteiger partial charge in [-0.1, -0.05) is 0 Å². The number of hydrogen-bond donors (Lipinski definition) is 1. The summed E-state index contributed by atoms with van der Waals surface area (Å²) in [6.45, 7) is 1.29. The Kier molecular flexibility index (Phi) is 4.28. The molecule has 0 aliphatic rings. The van der Waals surface area contributed by atoms with Crippen LogP contribution in [0.2, 0.25) is 0 Å². The molecule has 0 amide bonds. The van der Waals surface area contributed by atoms with Crippen molar-refractivity contribution < 1.29 is 31.5 Å². The lowest BCUT2D eigenvalue weighted by atomic mass is 10.1. The summed E-state index contributed by atoms with van der Waals surface area (Å²) >= 11 is 0. The van der Waals surface area contributed by atoms with E-state index in [-0.39, 0.29) is 6.61 Å². The highest BCUT2D eigenvalue weighted by Crippen LogP contribution is 2.35. The fourth-order valence-corrected chi connectivity index (χ4v) is 1.31. The Morgan fingerprint density at radius 1 is 1.47 bits per heavy atom. The Morgan fingerprint density at radius 3 is 2.47 bits per heavy atom. The van der Waals surface area contributed by atoms with E-state index in [0.717, 1.165) is 0 Å². The maximum absolute atomic E-state index is 12.6. The van der Waals surface area contributed by atoms with E-state index in [1.54, 1.807) is 0 Å². The zero-order chi connectivity index (χ0) is 14.8. The number of anilines is 1. The quantitative estimate of drug-likeness (QED) is 0.684. The molecule has 19 heavy (non-hydrogen) atoms. The Hall–Kier alpha value is -1.93. The number of alkyl halides is 5. The molecule has 0 aliphatic carbocycles. The third kappa shape index (κ3) is 3.30. The predicted molar refractivity (Wildman–Crippen MR) is 54.6 cm³/mol. The Morgan fingerprint density at radius 2 is 2.05 bits per heavy atom. The number of esters is 1. The van der Waals surface area contributed by atoms with Crippen molar-refractivity contribution in [3.05, 3.63) is 23.0 Å². The molecule has 0 saturated carbocycles. The first kappa shape index (κ1) is 15.1. The summed E-state index contributed by atoms with van der Waals surface area (Å²) in [6, 6.07) is 0.495. The van der Waals surface area contributed by atoms with Crippen LogP contribution in [0, 0.1) is 0 Å². The second-order valence-electron chi connectivity index (χ2n) is 3.38. The number of pyridine rings is 1. The molecule has 1 aromatic heterocycles. The predicted octanol–water partition coefficient (Wildman–Crippen LogP) is 2.80. The Labute approximate surface area is 104 Å². The van der Waals surface area contributed by atoms with Gasteiger partial charge >= 0.3 is 12.1 Å². The van der Waals surface area contributed by atoms with Gasteiger partial charge in [-0.25, -0.2) is 18.6 Å². The van der Waals surface area contributed by atoms with Crippen LogP contribution in [0.3, 0.4) is 0 Å². The van der Waals surface area contributed by atoms with Crippen molar-refractivity contribution in [2.24, 2.45) is 0 Å². The SMILES string of the molecule is CCOC(=O)c1cc(N)c(C(F)(F)F)nc1C(F)F. The molecular formula is C10H9F5N2O2. The fourth-order valence-electron chi connectivity index (χ4n) is 1.31. The summed E-state index contributed by atoms with van der Waals surface area (Å²) in [7, 11) is 0. The van der Waals surface area contributed by atoms with Gasteiger partial charge in [0.2, 0.25) is 0 Å². The van der Waals surface area contributed by atoms with Crippen molar-refractivity contribution in [3.63, 3.8) is 0 Å². The number of hydrogen-bond acceptors (Lipinski definition) is 4. The smallest absolute Gasteiger partial charge is 0.435 e. The topological polar surface area (TPSA) is 65.2 Å². The molecule has 0 radical (unpaired) electrons. The molecule has 0 atom stereocenters. The van der Waals surface area contributed by atoms with E-state index in [0.29, 0.717) is 6.07 Å². The molecule has 2 N–H and O–H groups in total. The van der Waals surface area contributed by atoms with Crippen LogP contribution in [0.25, 0.3) is 0 Å². The van der Waals surface area contributed by atoms with Gasteiger partial charge in [0.05, 0.1) is 17.9 Å². The highest BCUT2D eigenvalue weighted by Gasteiger charge is 2.37. The van der Waals surface area contributed by atoms with Crippen LogP contribution in [0.5, 0.6) is 0 Å². The first-order valence-electron chi connectivity index (χ1n) is 5.01. The molecule has 0 spiro atoms. The summed E-state index contributed by atoms with van der Waals surface area (Å²) in [6.07, 6.45) is -8.35. The van der Waals surface area contributed by atoms with E-state index >= 15 is 0 Å². The van der Waals surface area contributed by atoms with Crippen molar-refractivity contribution in [1.82, 2.24) is 4.98 Å². The average Bonchev–Trinajstić information content (AvgIpc) is 2.26. The van der Waals surface area contributed by atoms with E-state index in [1.165, 1.54) is 6.92 Å². The van der Waals surface area contributed by atoms with Crippen molar-refractivity contribution in [3.8, 4) is 0 Å². The zero-order valence-electron chi connectivity index (χ0n) is 9.59. The van der Waals surface area contributed by atoms with Gasteiger partial charge in [-0.3, -0.25) is 0 Å². The van der Waals surface area contributed by atoms with Crippen LogP contribution >= 0.6 is 0 Å². The summed E-state index contributed by atoms with van der Waals surface area (Å²) in [5, 5.41) is 0. The number of halogens is 5. The van der Waals surface area contributed by atoms with E-state index in [9.17, 15) is 26.7 Å². The maximum Gasteiger partial charge on any atom is 0.435 e. The van der Waals surface area contributed by atoms with E-state index in [1.807, 2.05) is 0 Å². The maximum atomic E-state index is 12.6. The van der Waals surface area contributed by atoms with Crippen LogP contribution in [-0.4, -0.2) is 17.6 Å². The van der Waals surface area contributed by atoms with E-state index in [4.69, 9.17) is 5.73 Å². The van der Waals surface area contributed by atoms with Crippen LogP contribution < -0.4 is 5.73 Å². The molecule has 0 aliphatic heterocycles. The van der Waals surface area contributed by atoms with Crippen molar-refractivity contribution in [2.45, 2.75) is 19.5 Å². The molecule has 0 bridgehead atoms. The first-order valence-corrected chi connectivity index (χ1v) is 5.01. The average molecular weight is 284 g/mol. The van der Waals surface area contributed by atoms with Crippen LogP contribution in [-0.2, 0) is 10.9 Å². The van der Waals surface area contributed by atoms with Crippen molar-refractivity contribution in [2.75, 3.05) is 12.3 Å². The second kappa shape index (κ2) is 5.37. The molecule has 9 heteroatoms. The van der Waals surface area contributed by atoms with Gasteiger partial charge in [0.1, 0.15) is 5.69 Å². The van der Waals surface area contributed by atoms with Crippen LogP contribution in [0.4, 0.5) is 27.6 Å². The Bertz CT molecular complexity index is 488. The standard InChI is InChI=1S/C10H9F5N2O2/c1-2-19-9(18)4-3-5(16)7(10(13,14)15)17-6(4)8(11)12/h3,8H,2,16H2,1H3. The van der Waals surface area contributed by atoms with Gasteiger partial charge in [0, 0.05) is 0 Å². The van der Waals surface area contributed by atoms with Crippen LogP contribution in [0.15, 0.2) is 6.07 Å². The third-order valence-electron chi connectivity index (χ3n) is 2.05. The summed E-state index contributed by atoms with van der Waals surface area (Å²) in [4.78, 5) is 14.1. The largest absolute Gasteiger partial charge is 0.462 e. The number of carbonyl (C=O) groups is 1. The molecule has 0 fully saturated rings. The minimum absolute atomic E-state index is 0.123. The first-order chi connectivity index (χ1) is 8.68. The number of nitrogens with two attached hydrogens (primary N) is 1. The molecule has 106 valence electrons. The molecule has 0 saturated heterocycles. The van der Waals surface area contributed by atoms with Gasteiger partial charge in [-0.2, -0.15) is 13.2 Å². The molecule has 1 rings (SSSR count). The van der Waals surface area contributed by atoms with Gasteiger partial charge in [0.15, 0.2) is 5.69 Å². The number of nitrogen functional groups attached to an aromatic ring is 1. The van der Waals surface area contributed by atoms with E-state index < -0.39 is 41.2 Å². The van der Waals surface area contributed by atoms with Crippen molar-refractivity contribution >= 4 is 11.7 Å². The summed E-state index contributed by atoms with van der Waals surface area (Å²) in [5.41, 5.74) is 0.421. The highest BCUT2D eigenvalue weighted by molar-refractivity contribution is 5.91. The molecule has 0 unspecified atom stereocenters. The third-order valence-corrected chi connectivity index (χ3v) is 2.05. The second-order valence-corrected chi connectivity index (χ2v) is 3.38.